The van der Waals surface area contributed by atoms with Crippen molar-refractivity contribution in [3.63, 3.8) is 0 Å². The summed E-state index contributed by atoms with van der Waals surface area (Å²) in [6.07, 6.45) is -12.9. The van der Waals surface area contributed by atoms with Gasteiger partial charge in [0, 0.05) is 25.9 Å². The lowest BCUT2D eigenvalue weighted by molar-refractivity contribution is -0.362. The van der Waals surface area contributed by atoms with Crippen LogP contribution < -0.4 is 0 Å². The molecule has 0 amide bonds. The van der Waals surface area contributed by atoms with E-state index in [1.165, 1.54) is 19.6 Å². The smallest absolute Gasteiger partial charge is 0.397 e. The van der Waals surface area contributed by atoms with Crippen LogP contribution in [0.15, 0.2) is 0 Å². The van der Waals surface area contributed by atoms with E-state index in [1.807, 2.05) is 0 Å². The number of hydrogen-bond donors (Lipinski definition) is 0. The number of halogens is 6. The Balaban J connectivity index is 5.68. The van der Waals surface area contributed by atoms with Crippen LogP contribution in [0.25, 0.3) is 0 Å². The third-order valence-corrected chi connectivity index (χ3v) is 7.61. The van der Waals surface area contributed by atoms with Gasteiger partial charge in [0.15, 0.2) is 8.32 Å². The van der Waals surface area contributed by atoms with Crippen LogP contribution >= 0.6 is 0 Å². The summed E-state index contributed by atoms with van der Waals surface area (Å²) in [5, 5.41) is 0. The average Bonchev–Trinajstić information content (AvgIpc) is 2.43. The Kier molecular flexibility index (Phi) is 10.0. The van der Waals surface area contributed by atoms with Crippen molar-refractivity contribution in [1.82, 2.24) is 0 Å². The SMILES string of the molecule is CCO[Si](CCCC(O[Si](C)(C)C)(C(F)(F)F)C(F)(F)F)(OCC)OCC. The van der Waals surface area contributed by atoms with Crippen molar-refractivity contribution in [3.05, 3.63) is 0 Å². The maximum Gasteiger partial charge on any atom is 0.500 e. The second-order valence-corrected chi connectivity index (χ2v) is 14.0. The van der Waals surface area contributed by atoms with Gasteiger partial charge >= 0.3 is 21.2 Å². The van der Waals surface area contributed by atoms with Gasteiger partial charge in [-0.1, -0.05) is 0 Å². The van der Waals surface area contributed by atoms with Gasteiger partial charge in [0.25, 0.3) is 0 Å². The van der Waals surface area contributed by atoms with Crippen LogP contribution in [0, 0.1) is 0 Å². The van der Waals surface area contributed by atoms with Gasteiger partial charge in [0.2, 0.25) is 5.60 Å². The summed E-state index contributed by atoms with van der Waals surface area (Å²) in [7, 11) is -6.53. The third kappa shape index (κ3) is 7.65. The molecular formula is C15H30F6O4Si2. The maximum atomic E-state index is 13.6. The zero-order chi connectivity index (χ0) is 21.6. The fourth-order valence-electron chi connectivity index (χ4n) is 2.69. The first-order chi connectivity index (χ1) is 12.1. The Labute approximate surface area is 159 Å². The van der Waals surface area contributed by atoms with Crippen molar-refractivity contribution >= 4 is 17.1 Å². The van der Waals surface area contributed by atoms with Gasteiger partial charge < -0.3 is 17.7 Å². The highest BCUT2D eigenvalue weighted by atomic mass is 28.4. The largest absolute Gasteiger partial charge is 0.500 e. The van der Waals surface area contributed by atoms with Gasteiger partial charge in [0.05, 0.1) is 0 Å². The minimum Gasteiger partial charge on any atom is -0.397 e. The molecule has 0 unspecified atom stereocenters. The van der Waals surface area contributed by atoms with Crippen molar-refractivity contribution in [2.24, 2.45) is 0 Å². The van der Waals surface area contributed by atoms with E-state index in [0.29, 0.717) is 0 Å². The first-order valence-corrected chi connectivity index (χ1v) is 14.2. The molecule has 0 aliphatic heterocycles. The van der Waals surface area contributed by atoms with E-state index >= 15 is 0 Å². The van der Waals surface area contributed by atoms with Gasteiger partial charge in [-0.25, -0.2) is 0 Å². The molecule has 0 heterocycles. The minimum atomic E-state index is -5.60. The molecule has 12 heteroatoms. The predicted molar refractivity (Wildman–Crippen MR) is 93.9 cm³/mol. The van der Waals surface area contributed by atoms with Crippen LogP contribution in [0.3, 0.4) is 0 Å². The Morgan fingerprint density at radius 1 is 0.704 bits per heavy atom. The van der Waals surface area contributed by atoms with Crippen molar-refractivity contribution in [2.45, 2.75) is 77.3 Å². The molecule has 4 nitrogen and oxygen atoms in total. The number of hydrogen-bond acceptors (Lipinski definition) is 4. The minimum absolute atomic E-state index is 0.161. The molecule has 0 aliphatic rings. The summed E-state index contributed by atoms with van der Waals surface area (Å²) in [6.45, 7) is 9.39. The molecule has 0 saturated heterocycles. The van der Waals surface area contributed by atoms with E-state index in [0.717, 1.165) is 0 Å². The Hall–Kier alpha value is -0.146. The molecule has 0 saturated carbocycles. The maximum absolute atomic E-state index is 13.6. The molecule has 0 radical (unpaired) electrons. The van der Waals surface area contributed by atoms with Gasteiger partial charge in [-0.05, 0) is 53.3 Å². The monoisotopic (exact) mass is 444 g/mol. The highest BCUT2D eigenvalue weighted by molar-refractivity contribution is 6.69. The Bertz CT molecular complexity index is 406. The first-order valence-electron chi connectivity index (χ1n) is 8.85. The van der Waals surface area contributed by atoms with E-state index < -0.39 is 47.9 Å². The molecule has 0 bridgehead atoms. The lowest BCUT2D eigenvalue weighted by Gasteiger charge is -2.42. The van der Waals surface area contributed by atoms with Crippen LogP contribution in [0.1, 0.15) is 33.6 Å². The Morgan fingerprint density at radius 3 is 1.33 bits per heavy atom. The molecule has 0 spiro atoms. The molecule has 0 aromatic heterocycles. The van der Waals surface area contributed by atoms with Gasteiger partial charge in [0.1, 0.15) is 0 Å². The van der Waals surface area contributed by atoms with Crippen LogP contribution in [-0.2, 0) is 17.7 Å². The molecule has 164 valence electrons. The second-order valence-electron chi connectivity index (χ2n) is 6.87. The van der Waals surface area contributed by atoms with E-state index in [4.69, 9.17) is 17.7 Å². The molecule has 0 aromatic rings. The quantitative estimate of drug-likeness (QED) is 0.293. The lowest BCUT2D eigenvalue weighted by atomic mass is 9.96. The normalized spacial score (nSPS) is 14.7. The summed E-state index contributed by atoms with van der Waals surface area (Å²) in [5.74, 6) is 0. The Morgan fingerprint density at radius 2 is 1.07 bits per heavy atom. The summed E-state index contributed by atoms with van der Waals surface area (Å²) >= 11 is 0. The van der Waals surface area contributed by atoms with E-state index in [-0.39, 0.29) is 25.9 Å². The summed E-state index contributed by atoms with van der Waals surface area (Å²) in [4.78, 5) is 0. The van der Waals surface area contributed by atoms with E-state index in [2.05, 4.69) is 0 Å². The molecule has 27 heavy (non-hydrogen) atoms. The molecule has 0 atom stereocenters. The van der Waals surface area contributed by atoms with E-state index in [9.17, 15) is 26.3 Å². The number of alkyl halides is 6. The molecule has 0 aromatic carbocycles. The fraction of sp³-hybridized carbons (Fsp3) is 1.00. The van der Waals surface area contributed by atoms with Crippen molar-refractivity contribution < 1.29 is 44.0 Å². The van der Waals surface area contributed by atoms with Crippen LogP contribution in [0.4, 0.5) is 26.3 Å². The first kappa shape index (κ1) is 26.9. The zero-order valence-electron chi connectivity index (χ0n) is 16.6. The molecular weight excluding hydrogens is 414 g/mol. The standard InChI is InChI=1S/C15H30F6O4Si2/c1-7-22-27(23-8-2,24-9-3)12-10-11-13(14(16,17)18,15(19,20)21)25-26(4,5)6/h7-12H2,1-6H3. The summed E-state index contributed by atoms with van der Waals surface area (Å²) < 4.78 is 103. The summed E-state index contributed by atoms with van der Waals surface area (Å²) in [6, 6.07) is -0.161. The van der Waals surface area contributed by atoms with Gasteiger partial charge in [-0.15, -0.1) is 0 Å². The van der Waals surface area contributed by atoms with Crippen LogP contribution in [-0.4, -0.2) is 54.9 Å². The highest BCUT2D eigenvalue weighted by Crippen LogP contribution is 2.50. The van der Waals surface area contributed by atoms with Crippen molar-refractivity contribution in [2.75, 3.05) is 19.8 Å². The topological polar surface area (TPSA) is 36.9 Å². The van der Waals surface area contributed by atoms with Gasteiger partial charge in [-0.3, -0.25) is 0 Å². The molecule has 0 N–H and O–H groups in total. The predicted octanol–water partition coefficient (Wildman–Crippen LogP) is 5.53. The van der Waals surface area contributed by atoms with Crippen molar-refractivity contribution in [1.29, 1.82) is 0 Å². The zero-order valence-corrected chi connectivity index (χ0v) is 18.6. The molecule has 0 aliphatic carbocycles. The van der Waals surface area contributed by atoms with E-state index in [1.54, 1.807) is 20.8 Å². The van der Waals surface area contributed by atoms with Crippen LogP contribution in [0.2, 0.25) is 25.7 Å². The third-order valence-electron chi connectivity index (χ3n) is 3.50. The molecule has 0 rings (SSSR count). The highest BCUT2D eigenvalue weighted by Gasteiger charge is 2.72. The lowest BCUT2D eigenvalue weighted by Crippen LogP contribution is -2.62. The number of rotatable bonds is 12. The fourth-order valence-corrected chi connectivity index (χ4v) is 6.68. The van der Waals surface area contributed by atoms with Crippen molar-refractivity contribution in [3.8, 4) is 0 Å². The summed E-state index contributed by atoms with van der Waals surface area (Å²) in [5.41, 5.74) is -4.21. The second kappa shape index (κ2) is 10.1. The van der Waals surface area contributed by atoms with Gasteiger partial charge in [-0.2, -0.15) is 26.3 Å². The average molecular weight is 445 g/mol. The molecule has 0 fully saturated rings. The van der Waals surface area contributed by atoms with Crippen LogP contribution in [0.5, 0.6) is 0 Å².